The van der Waals surface area contributed by atoms with Gasteiger partial charge in [-0.3, -0.25) is 4.40 Å². The Morgan fingerprint density at radius 1 is 0.391 bits per heavy atom. The number of thiazole rings is 1. The van der Waals surface area contributed by atoms with Crippen LogP contribution in [0.5, 0.6) is 0 Å². The fraction of sp³-hybridized carbons (Fsp3) is 0. The van der Waals surface area contributed by atoms with Crippen LogP contribution in [0.4, 0.5) is 0 Å². The molecule has 0 amide bonds. The zero-order valence-electron chi connectivity index (χ0n) is 24.7. The van der Waals surface area contributed by atoms with Gasteiger partial charge in [-0.05, 0) is 52.6 Å². The minimum absolute atomic E-state index is 0.707. The zero-order valence-corrected chi connectivity index (χ0v) is 25.5. The first-order valence-corrected chi connectivity index (χ1v) is 16.1. The molecule has 6 aromatic carbocycles. The SMILES string of the molecule is c1ccc(-c2ccc3sc4nc5ccc(-c6ccc(-c7nc(-c8ccccc8)cc(-c8ccccc8)n7)cc6)cc5n4c3c2)cc1. The van der Waals surface area contributed by atoms with E-state index in [4.69, 9.17) is 15.0 Å². The number of benzene rings is 6. The van der Waals surface area contributed by atoms with Gasteiger partial charge in [0.2, 0.25) is 0 Å². The molecule has 0 aliphatic heterocycles. The fourth-order valence-corrected chi connectivity index (χ4v) is 7.14. The molecule has 0 atom stereocenters. The molecule has 0 saturated carbocycles. The summed E-state index contributed by atoms with van der Waals surface area (Å²) in [6, 6.07) is 55.0. The molecule has 3 aromatic heterocycles. The summed E-state index contributed by atoms with van der Waals surface area (Å²) in [5, 5.41) is 0. The molecule has 216 valence electrons. The molecule has 0 aliphatic rings. The summed E-state index contributed by atoms with van der Waals surface area (Å²) >= 11 is 1.73. The number of hydrogen-bond donors (Lipinski definition) is 0. The van der Waals surface area contributed by atoms with E-state index in [1.54, 1.807) is 11.3 Å². The van der Waals surface area contributed by atoms with Crippen LogP contribution in [0.1, 0.15) is 0 Å². The molecule has 4 nitrogen and oxygen atoms in total. The highest BCUT2D eigenvalue weighted by Gasteiger charge is 2.15. The quantitative estimate of drug-likeness (QED) is 0.196. The minimum Gasteiger partial charge on any atom is -0.283 e. The van der Waals surface area contributed by atoms with Crippen molar-refractivity contribution in [1.29, 1.82) is 0 Å². The molecular formula is C41H26N4S. The summed E-state index contributed by atoms with van der Waals surface area (Å²) < 4.78 is 3.53. The van der Waals surface area contributed by atoms with Gasteiger partial charge in [0.05, 0.1) is 32.6 Å². The van der Waals surface area contributed by atoms with Crippen LogP contribution in [0.2, 0.25) is 0 Å². The van der Waals surface area contributed by atoms with Gasteiger partial charge >= 0.3 is 0 Å². The molecule has 5 heteroatoms. The lowest BCUT2D eigenvalue weighted by Gasteiger charge is -2.10. The summed E-state index contributed by atoms with van der Waals surface area (Å²) in [6.45, 7) is 0. The van der Waals surface area contributed by atoms with Crippen LogP contribution in [0.25, 0.3) is 82.4 Å². The molecule has 0 N–H and O–H groups in total. The number of fused-ring (bicyclic) bond motifs is 5. The summed E-state index contributed by atoms with van der Waals surface area (Å²) in [5.41, 5.74) is 12.9. The third-order valence-corrected chi connectivity index (χ3v) is 9.50. The number of rotatable bonds is 5. The lowest BCUT2D eigenvalue weighted by atomic mass is 10.0. The van der Waals surface area contributed by atoms with E-state index in [1.165, 1.54) is 21.3 Å². The van der Waals surface area contributed by atoms with Gasteiger partial charge in [0.1, 0.15) is 0 Å². The molecule has 0 fully saturated rings. The average Bonchev–Trinajstić information content (AvgIpc) is 3.68. The molecule has 0 saturated heterocycles. The van der Waals surface area contributed by atoms with Gasteiger partial charge in [-0.1, -0.05) is 139 Å². The van der Waals surface area contributed by atoms with E-state index in [-0.39, 0.29) is 0 Å². The van der Waals surface area contributed by atoms with Crippen LogP contribution in [-0.4, -0.2) is 19.4 Å². The van der Waals surface area contributed by atoms with Gasteiger partial charge in [0.25, 0.3) is 0 Å². The van der Waals surface area contributed by atoms with Crippen molar-refractivity contribution in [1.82, 2.24) is 19.4 Å². The molecule has 9 aromatic rings. The Labute approximate surface area is 269 Å². The first-order chi connectivity index (χ1) is 22.8. The van der Waals surface area contributed by atoms with E-state index in [1.807, 2.05) is 36.4 Å². The highest BCUT2D eigenvalue weighted by atomic mass is 32.1. The van der Waals surface area contributed by atoms with E-state index in [2.05, 4.69) is 126 Å². The molecule has 0 aliphatic carbocycles. The largest absolute Gasteiger partial charge is 0.283 e. The maximum Gasteiger partial charge on any atom is 0.195 e. The van der Waals surface area contributed by atoms with Crippen LogP contribution in [-0.2, 0) is 0 Å². The predicted molar refractivity (Wildman–Crippen MR) is 191 cm³/mol. The van der Waals surface area contributed by atoms with Crippen LogP contribution >= 0.6 is 11.3 Å². The maximum atomic E-state index is 5.00. The van der Waals surface area contributed by atoms with Crippen LogP contribution in [0.15, 0.2) is 158 Å². The van der Waals surface area contributed by atoms with E-state index in [0.717, 1.165) is 55.2 Å². The molecule has 0 radical (unpaired) electrons. The molecule has 3 heterocycles. The second kappa shape index (κ2) is 10.9. The Morgan fingerprint density at radius 3 is 1.52 bits per heavy atom. The molecular weight excluding hydrogens is 581 g/mol. The van der Waals surface area contributed by atoms with Gasteiger partial charge in [-0.15, -0.1) is 0 Å². The third-order valence-electron chi connectivity index (χ3n) is 8.47. The van der Waals surface area contributed by atoms with Gasteiger partial charge in [0.15, 0.2) is 10.8 Å². The standard InChI is InChI=1S/C41H26N4S/c1-4-10-27(11-5-1)33-21-23-39-38(25-33)45-37-24-32(20-22-34(37)44-41(45)46-39)28-16-18-31(19-17-28)40-42-35(29-12-6-2-7-13-29)26-36(43-40)30-14-8-3-9-15-30/h1-26H. The third kappa shape index (κ3) is 4.66. The summed E-state index contributed by atoms with van der Waals surface area (Å²) in [4.78, 5) is 16.0. The normalized spacial score (nSPS) is 11.5. The minimum atomic E-state index is 0.707. The second-order valence-corrected chi connectivity index (χ2v) is 12.4. The van der Waals surface area contributed by atoms with E-state index < -0.39 is 0 Å². The first-order valence-electron chi connectivity index (χ1n) is 15.3. The Balaban J connectivity index is 1.12. The highest BCUT2D eigenvalue weighted by molar-refractivity contribution is 7.23. The van der Waals surface area contributed by atoms with Crippen molar-refractivity contribution in [2.24, 2.45) is 0 Å². The van der Waals surface area contributed by atoms with E-state index in [0.29, 0.717) is 5.82 Å². The molecule has 46 heavy (non-hydrogen) atoms. The van der Waals surface area contributed by atoms with Crippen molar-refractivity contribution in [3.05, 3.63) is 158 Å². The van der Waals surface area contributed by atoms with Gasteiger partial charge in [-0.25, -0.2) is 15.0 Å². The predicted octanol–water partition coefficient (Wildman–Crippen LogP) is 10.8. The van der Waals surface area contributed by atoms with E-state index >= 15 is 0 Å². The Bertz CT molecular complexity index is 2440. The van der Waals surface area contributed by atoms with Gasteiger partial charge in [-0.2, -0.15) is 0 Å². The summed E-state index contributed by atoms with van der Waals surface area (Å²) in [5.74, 6) is 0.707. The lowest BCUT2D eigenvalue weighted by Crippen LogP contribution is -1.95. The average molecular weight is 607 g/mol. The van der Waals surface area contributed by atoms with Crippen LogP contribution in [0.3, 0.4) is 0 Å². The summed E-state index contributed by atoms with van der Waals surface area (Å²) in [7, 11) is 0. The van der Waals surface area contributed by atoms with E-state index in [9.17, 15) is 0 Å². The first kappa shape index (κ1) is 26.5. The summed E-state index contributed by atoms with van der Waals surface area (Å²) in [6.07, 6.45) is 0. The van der Waals surface area contributed by atoms with Gasteiger partial charge in [0, 0.05) is 16.7 Å². The zero-order chi connectivity index (χ0) is 30.5. The fourth-order valence-electron chi connectivity index (χ4n) is 6.12. The molecule has 0 spiro atoms. The smallest absolute Gasteiger partial charge is 0.195 e. The Morgan fingerprint density at radius 2 is 0.891 bits per heavy atom. The van der Waals surface area contributed by atoms with Crippen molar-refractivity contribution in [2.45, 2.75) is 0 Å². The maximum absolute atomic E-state index is 5.00. The molecule has 0 bridgehead atoms. The number of nitrogens with zero attached hydrogens (tertiary/aromatic N) is 4. The Hall–Kier alpha value is -5.91. The van der Waals surface area contributed by atoms with Crippen LogP contribution < -0.4 is 0 Å². The topological polar surface area (TPSA) is 43.1 Å². The number of imidazole rings is 1. The van der Waals surface area contributed by atoms with Crippen LogP contribution in [0, 0.1) is 0 Å². The number of aromatic nitrogens is 4. The molecule has 0 unspecified atom stereocenters. The monoisotopic (exact) mass is 606 g/mol. The van der Waals surface area contributed by atoms with Crippen molar-refractivity contribution in [3.8, 4) is 56.2 Å². The van der Waals surface area contributed by atoms with Gasteiger partial charge < -0.3 is 0 Å². The Kier molecular flexibility index (Phi) is 6.28. The number of hydrogen-bond acceptors (Lipinski definition) is 4. The second-order valence-electron chi connectivity index (χ2n) is 11.4. The van der Waals surface area contributed by atoms with Crippen molar-refractivity contribution in [3.63, 3.8) is 0 Å². The van der Waals surface area contributed by atoms with Crippen molar-refractivity contribution < 1.29 is 0 Å². The molecule has 9 rings (SSSR count). The van der Waals surface area contributed by atoms with Crippen molar-refractivity contribution >= 4 is 37.5 Å². The highest BCUT2D eigenvalue weighted by Crippen LogP contribution is 2.35. The lowest BCUT2D eigenvalue weighted by molar-refractivity contribution is 1.18. The van der Waals surface area contributed by atoms with Crippen molar-refractivity contribution in [2.75, 3.05) is 0 Å².